The molecule has 118 valence electrons. The first-order chi connectivity index (χ1) is 12.3. The number of hydrogen-bond acceptors (Lipinski definition) is 1. The molecular formula is C22H12INS. The first kappa shape index (κ1) is 14.1. The maximum Gasteiger partial charge on any atom is 0.0675 e. The van der Waals surface area contributed by atoms with E-state index in [2.05, 4.69) is 98.4 Å². The summed E-state index contributed by atoms with van der Waals surface area (Å²) in [4.78, 5) is 0. The zero-order valence-electron chi connectivity index (χ0n) is 13.2. The Hall–Kier alpha value is -2.11. The van der Waals surface area contributed by atoms with Gasteiger partial charge < -0.3 is 0 Å². The summed E-state index contributed by atoms with van der Waals surface area (Å²) >= 11 is 4.37. The van der Waals surface area contributed by atoms with E-state index in [0.717, 1.165) is 0 Å². The summed E-state index contributed by atoms with van der Waals surface area (Å²) in [6, 6.07) is 26.4. The van der Waals surface area contributed by atoms with Gasteiger partial charge in [0.1, 0.15) is 0 Å². The molecule has 0 aliphatic carbocycles. The number of halogens is 1. The molecule has 3 heteroatoms. The molecule has 0 saturated heterocycles. The van der Waals surface area contributed by atoms with Crippen LogP contribution in [0.4, 0.5) is 0 Å². The van der Waals surface area contributed by atoms with Gasteiger partial charge in [0.2, 0.25) is 0 Å². The van der Waals surface area contributed by atoms with E-state index in [-0.39, 0.29) is 0 Å². The van der Waals surface area contributed by atoms with Gasteiger partial charge >= 0.3 is 0 Å². The van der Waals surface area contributed by atoms with Crippen LogP contribution in [0.5, 0.6) is 0 Å². The highest BCUT2D eigenvalue weighted by Crippen LogP contribution is 2.47. The third kappa shape index (κ3) is 1.72. The molecule has 0 fully saturated rings. The summed E-state index contributed by atoms with van der Waals surface area (Å²) in [6.07, 6.45) is 0. The first-order valence-electron chi connectivity index (χ1n) is 8.26. The molecule has 2 heterocycles. The third-order valence-corrected chi connectivity index (χ3v) is 7.30. The summed E-state index contributed by atoms with van der Waals surface area (Å²) in [7, 11) is 0. The largest absolute Gasteiger partial charge is 0.281 e. The second-order valence-electron chi connectivity index (χ2n) is 6.37. The van der Waals surface area contributed by atoms with Gasteiger partial charge in [-0.2, -0.15) is 0 Å². The van der Waals surface area contributed by atoms with Crippen LogP contribution in [0, 0.1) is 0 Å². The first-order valence-corrected chi connectivity index (χ1v) is 10.0. The van der Waals surface area contributed by atoms with Crippen LogP contribution >= 0.6 is 34.2 Å². The molecule has 0 amide bonds. The normalized spacial score (nSPS) is 12.2. The van der Waals surface area contributed by atoms with Crippen LogP contribution in [0.3, 0.4) is 0 Å². The fourth-order valence-corrected chi connectivity index (χ4v) is 6.24. The summed E-state index contributed by atoms with van der Waals surface area (Å²) in [5, 5.41) is 8.18. The predicted octanol–water partition coefficient (Wildman–Crippen LogP) is 7.51. The quantitative estimate of drug-likeness (QED) is 0.212. The van der Waals surface area contributed by atoms with E-state index >= 15 is 0 Å². The highest BCUT2D eigenvalue weighted by molar-refractivity contribution is 14.1. The van der Waals surface area contributed by atoms with Gasteiger partial charge in [-0.3, -0.25) is 2.78 Å². The lowest BCUT2D eigenvalue weighted by molar-refractivity contribution is 1.51. The Morgan fingerprint density at radius 3 is 2.12 bits per heavy atom. The number of thiophene rings is 1. The Morgan fingerprint density at radius 2 is 1.28 bits per heavy atom. The Morgan fingerprint density at radius 1 is 0.640 bits per heavy atom. The van der Waals surface area contributed by atoms with E-state index in [0.29, 0.717) is 0 Å². The van der Waals surface area contributed by atoms with Crippen molar-refractivity contribution in [2.24, 2.45) is 0 Å². The topological polar surface area (TPSA) is 4.93 Å². The fraction of sp³-hybridized carbons (Fsp3) is 0. The van der Waals surface area contributed by atoms with Crippen molar-refractivity contribution in [3.63, 3.8) is 0 Å². The van der Waals surface area contributed by atoms with Crippen molar-refractivity contribution in [3.05, 3.63) is 72.8 Å². The molecule has 0 N–H and O–H groups in total. The lowest BCUT2D eigenvalue weighted by atomic mass is 10.00. The highest BCUT2D eigenvalue weighted by atomic mass is 127. The molecule has 0 saturated carbocycles. The van der Waals surface area contributed by atoms with Crippen LogP contribution in [-0.2, 0) is 0 Å². The van der Waals surface area contributed by atoms with Gasteiger partial charge in [0.15, 0.2) is 0 Å². The van der Waals surface area contributed by atoms with Crippen molar-refractivity contribution in [2.45, 2.75) is 0 Å². The Kier molecular flexibility index (Phi) is 2.80. The maximum atomic E-state index is 2.45. The number of para-hydroxylation sites is 1. The van der Waals surface area contributed by atoms with E-state index in [1.54, 1.807) is 0 Å². The molecule has 25 heavy (non-hydrogen) atoms. The molecule has 0 atom stereocenters. The maximum absolute atomic E-state index is 2.45. The van der Waals surface area contributed by atoms with Gasteiger partial charge in [-0.25, -0.2) is 0 Å². The van der Waals surface area contributed by atoms with Crippen molar-refractivity contribution >= 4 is 87.0 Å². The van der Waals surface area contributed by atoms with Gasteiger partial charge in [-0.1, -0.05) is 60.7 Å². The van der Waals surface area contributed by atoms with Gasteiger partial charge in [0, 0.05) is 41.7 Å². The Balaban J connectivity index is 2.12. The monoisotopic (exact) mass is 449 g/mol. The number of aromatic nitrogens is 1. The number of nitrogens with zero attached hydrogens (tertiary/aromatic N) is 1. The molecule has 2 aromatic heterocycles. The minimum absolute atomic E-state index is 1.28. The van der Waals surface area contributed by atoms with E-state index in [1.165, 1.54) is 52.8 Å². The molecule has 0 radical (unpaired) electrons. The minimum Gasteiger partial charge on any atom is -0.281 e. The molecule has 0 bridgehead atoms. The van der Waals surface area contributed by atoms with E-state index in [1.807, 2.05) is 11.3 Å². The number of benzene rings is 4. The van der Waals surface area contributed by atoms with Gasteiger partial charge in [0.25, 0.3) is 0 Å². The van der Waals surface area contributed by atoms with Gasteiger partial charge in [-0.05, 0) is 12.1 Å². The second kappa shape index (κ2) is 4.96. The van der Waals surface area contributed by atoms with Crippen molar-refractivity contribution in [1.29, 1.82) is 0 Å². The number of fused-ring (bicyclic) bond motifs is 10. The van der Waals surface area contributed by atoms with Gasteiger partial charge in [0.05, 0.1) is 33.9 Å². The smallest absolute Gasteiger partial charge is 0.0675 e. The molecule has 6 aromatic rings. The molecule has 0 unspecified atom stereocenters. The SMILES string of the molecule is In1c2ccccc2c2c3c4ccccc4sc3c3ccccc3c21. The average molecular weight is 449 g/mol. The zero-order chi connectivity index (χ0) is 16.5. The standard InChI is InChI=1S/C22H12INS/c23-24-17-11-5-3-9-15(17)19-20-16-10-4-6-12-18(16)25-22(20)14-8-2-1-7-13(14)21(19)24/h1-12H. The van der Waals surface area contributed by atoms with Crippen molar-refractivity contribution in [1.82, 2.24) is 2.78 Å². The van der Waals surface area contributed by atoms with Crippen LogP contribution in [0.25, 0.3) is 52.8 Å². The van der Waals surface area contributed by atoms with Crippen molar-refractivity contribution in [2.75, 3.05) is 0 Å². The summed E-state index contributed by atoms with van der Waals surface area (Å²) in [5.74, 6) is 0. The van der Waals surface area contributed by atoms with Crippen molar-refractivity contribution < 1.29 is 0 Å². The Labute approximate surface area is 162 Å². The molecule has 0 spiro atoms. The third-order valence-electron chi connectivity index (χ3n) is 5.09. The van der Waals surface area contributed by atoms with Crippen LogP contribution in [0.1, 0.15) is 0 Å². The lowest BCUT2D eigenvalue weighted by Gasteiger charge is -2.05. The Bertz CT molecular complexity index is 1460. The van der Waals surface area contributed by atoms with E-state index in [9.17, 15) is 0 Å². The fourth-order valence-electron chi connectivity index (χ4n) is 4.07. The van der Waals surface area contributed by atoms with Crippen LogP contribution in [0.2, 0.25) is 0 Å². The van der Waals surface area contributed by atoms with E-state index in [4.69, 9.17) is 0 Å². The highest BCUT2D eigenvalue weighted by Gasteiger charge is 2.19. The average Bonchev–Trinajstić information content (AvgIpc) is 3.19. The molecular weight excluding hydrogens is 437 g/mol. The number of rotatable bonds is 0. The van der Waals surface area contributed by atoms with E-state index < -0.39 is 0 Å². The van der Waals surface area contributed by atoms with Gasteiger partial charge in [-0.15, -0.1) is 11.3 Å². The van der Waals surface area contributed by atoms with Crippen molar-refractivity contribution in [3.8, 4) is 0 Å². The molecule has 1 nitrogen and oxygen atoms in total. The van der Waals surface area contributed by atoms with Crippen LogP contribution < -0.4 is 0 Å². The minimum atomic E-state index is 1.28. The zero-order valence-corrected chi connectivity index (χ0v) is 16.1. The molecule has 0 aliphatic rings. The molecule has 4 aromatic carbocycles. The lowest BCUT2D eigenvalue weighted by Crippen LogP contribution is -1.81. The van der Waals surface area contributed by atoms with Crippen LogP contribution in [0.15, 0.2) is 72.8 Å². The summed E-state index contributed by atoms with van der Waals surface area (Å²) < 4.78 is 5.09. The predicted molar refractivity (Wildman–Crippen MR) is 119 cm³/mol. The molecule has 6 rings (SSSR count). The van der Waals surface area contributed by atoms with Crippen LogP contribution in [-0.4, -0.2) is 2.78 Å². The summed E-state index contributed by atoms with van der Waals surface area (Å²) in [6.45, 7) is 0. The summed E-state index contributed by atoms with van der Waals surface area (Å²) in [5.41, 5.74) is 2.61. The number of hydrogen-bond donors (Lipinski definition) is 0. The second-order valence-corrected chi connectivity index (χ2v) is 8.39. The molecule has 0 aliphatic heterocycles.